The fraction of sp³-hybridized carbons (Fsp3) is 0.238. The second-order valence-corrected chi connectivity index (χ2v) is 9.48. The first-order valence-corrected chi connectivity index (χ1v) is 12.1. The van der Waals surface area contributed by atoms with Crippen molar-refractivity contribution in [1.29, 1.82) is 0 Å². The van der Waals surface area contributed by atoms with E-state index in [2.05, 4.69) is 31.2 Å². The predicted octanol–water partition coefficient (Wildman–Crippen LogP) is 4.97. The van der Waals surface area contributed by atoms with Crippen molar-refractivity contribution < 1.29 is 4.79 Å². The second-order valence-electron chi connectivity index (χ2n) is 7.19. The summed E-state index contributed by atoms with van der Waals surface area (Å²) in [6, 6.07) is 13.9. The molecule has 31 heavy (non-hydrogen) atoms. The van der Waals surface area contributed by atoms with E-state index in [0.717, 1.165) is 34.3 Å². The first-order valence-electron chi connectivity index (χ1n) is 9.85. The summed E-state index contributed by atoms with van der Waals surface area (Å²) >= 11 is 9.31. The quantitative estimate of drug-likeness (QED) is 0.368. The first kappa shape index (κ1) is 20.3. The molecule has 3 aromatic heterocycles. The Balaban J connectivity index is 1.25. The van der Waals surface area contributed by atoms with Crippen molar-refractivity contribution in [2.45, 2.75) is 30.6 Å². The van der Waals surface area contributed by atoms with Crippen LogP contribution in [0.1, 0.15) is 24.4 Å². The fourth-order valence-electron chi connectivity index (χ4n) is 3.27. The Labute approximate surface area is 192 Å². The van der Waals surface area contributed by atoms with Crippen LogP contribution in [0.25, 0.3) is 10.7 Å². The third-order valence-electron chi connectivity index (χ3n) is 4.91. The molecule has 1 amide bonds. The van der Waals surface area contributed by atoms with E-state index >= 15 is 0 Å². The van der Waals surface area contributed by atoms with E-state index in [0.29, 0.717) is 23.4 Å². The van der Waals surface area contributed by atoms with Crippen molar-refractivity contribution >= 4 is 46.4 Å². The number of rotatable bonds is 8. The molecular formula is C21H19ClN6OS2. The van der Waals surface area contributed by atoms with Gasteiger partial charge in [0.1, 0.15) is 5.82 Å². The van der Waals surface area contributed by atoms with Crippen LogP contribution >= 0.6 is 34.7 Å². The number of halogens is 1. The minimum Gasteiger partial charge on any atom is -0.310 e. The van der Waals surface area contributed by atoms with Gasteiger partial charge < -0.3 is 5.32 Å². The second kappa shape index (κ2) is 8.86. The maximum Gasteiger partial charge on any atom is 0.235 e. The molecule has 1 saturated carbocycles. The zero-order valence-electron chi connectivity index (χ0n) is 16.4. The topological polar surface area (TPSA) is 77.6 Å². The molecule has 7 nitrogen and oxygen atoms in total. The first-order chi connectivity index (χ1) is 15.2. The lowest BCUT2D eigenvalue weighted by Crippen LogP contribution is -2.18. The van der Waals surface area contributed by atoms with E-state index in [9.17, 15) is 4.79 Å². The number of carbonyl (C=O) groups is 1. The molecule has 0 bridgehead atoms. The molecular weight excluding hydrogens is 452 g/mol. The number of nitrogens with zero attached hydrogens (tertiary/aromatic N) is 5. The van der Waals surface area contributed by atoms with Gasteiger partial charge in [0.15, 0.2) is 11.0 Å². The number of nitrogens with one attached hydrogen (secondary N) is 1. The van der Waals surface area contributed by atoms with Gasteiger partial charge in [-0.1, -0.05) is 47.6 Å². The highest BCUT2D eigenvalue weighted by Crippen LogP contribution is 2.41. The fourth-order valence-corrected chi connectivity index (χ4v) is 4.98. The third-order valence-corrected chi connectivity index (χ3v) is 7.09. The van der Waals surface area contributed by atoms with Crippen LogP contribution in [0.2, 0.25) is 5.02 Å². The van der Waals surface area contributed by atoms with Gasteiger partial charge in [0.25, 0.3) is 0 Å². The number of aromatic nitrogens is 5. The van der Waals surface area contributed by atoms with Crippen LogP contribution in [0.4, 0.5) is 5.82 Å². The van der Waals surface area contributed by atoms with Crippen LogP contribution in [0, 0.1) is 0 Å². The molecule has 0 unspecified atom stereocenters. The molecule has 3 heterocycles. The van der Waals surface area contributed by atoms with Crippen LogP contribution in [-0.2, 0) is 11.3 Å². The van der Waals surface area contributed by atoms with Gasteiger partial charge in [-0.3, -0.25) is 9.36 Å². The lowest BCUT2D eigenvalue weighted by atomic mass is 10.2. The van der Waals surface area contributed by atoms with Crippen LogP contribution in [0.15, 0.2) is 59.2 Å². The minimum absolute atomic E-state index is 0.117. The molecule has 0 aliphatic heterocycles. The highest BCUT2D eigenvalue weighted by atomic mass is 35.5. The molecule has 1 aliphatic carbocycles. The molecule has 4 aromatic rings. The molecule has 0 saturated heterocycles. The summed E-state index contributed by atoms with van der Waals surface area (Å²) in [7, 11) is 0. The molecule has 0 atom stereocenters. The highest BCUT2D eigenvalue weighted by molar-refractivity contribution is 7.99. The third kappa shape index (κ3) is 4.53. The van der Waals surface area contributed by atoms with Crippen molar-refractivity contribution in [3.8, 4) is 10.7 Å². The standard InChI is InChI=1S/C21H19ClN6OS2/c22-16-5-2-1-4-14(16)12-27-18(9-10-23-27)24-19(29)13-31-21-26-25-20(17-6-3-11-30-17)28(21)15-7-8-15/h1-6,9-11,15H,7-8,12-13H2,(H,24,29). The van der Waals surface area contributed by atoms with Crippen molar-refractivity contribution in [3.05, 3.63) is 64.6 Å². The Bertz CT molecular complexity index is 1200. The Kier molecular flexibility index (Phi) is 5.80. The largest absolute Gasteiger partial charge is 0.310 e. The molecule has 1 N–H and O–H groups in total. The van der Waals surface area contributed by atoms with Crippen molar-refractivity contribution in [2.24, 2.45) is 0 Å². The van der Waals surface area contributed by atoms with Crippen LogP contribution in [-0.4, -0.2) is 36.2 Å². The van der Waals surface area contributed by atoms with Gasteiger partial charge in [0.05, 0.1) is 23.4 Å². The molecule has 5 rings (SSSR count). The average Bonchev–Trinajstić information content (AvgIpc) is 3.15. The van der Waals surface area contributed by atoms with E-state index in [1.165, 1.54) is 11.8 Å². The summed E-state index contributed by atoms with van der Waals surface area (Å²) in [6.45, 7) is 0.482. The number of anilines is 1. The Hall–Kier alpha value is -2.62. The van der Waals surface area contributed by atoms with Crippen molar-refractivity contribution in [3.63, 3.8) is 0 Å². The van der Waals surface area contributed by atoms with Gasteiger partial charge in [-0.05, 0) is 35.9 Å². The minimum atomic E-state index is -0.117. The van der Waals surface area contributed by atoms with Gasteiger partial charge in [-0.15, -0.1) is 21.5 Å². The number of benzene rings is 1. The number of thioether (sulfide) groups is 1. The molecule has 1 aromatic carbocycles. The molecule has 10 heteroatoms. The smallest absolute Gasteiger partial charge is 0.235 e. The summed E-state index contributed by atoms with van der Waals surface area (Å²) in [4.78, 5) is 13.7. The zero-order valence-corrected chi connectivity index (χ0v) is 18.8. The van der Waals surface area contributed by atoms with E-state index < -0.39 is 0 Å². The lowest BCUT2D eigenvalue weighted by molar-refractivity contribution is -0.113. The zero-order chi connectivity index (χ0) is 21.2. The Morgan fingerprint density at radius 1 is 1.19 bits per heavy atom. The van der Waals surface area contributed by atoms with Crippen LogP contribution < -0.4 is 5.32 Å². The summed E-state index contributed by atoms with van der Waals surface area (Å²) in [5.41, 5.74) is 0.941. The van der Waals surface area contributed by atoms with Crippen molar-refractivity contribution in [1.82, 2.24) is 24.5 Å². The maximum absolute atomic E-state index is 12.6. The van der Waals surface area contributed by atoms with E-state index in [1.807, 2.05) is 35.7 Å². The molecule has 158 valence electrons. The predicted molar refractivity (Wildman–Crippen MR) is 124 cm³/mol. The molecule has 1 fully saturated rings. The van der Waals surface area contributed by atoms with Crippen LogP contribution in [0.5, 0.6) is 0 Å². The lowest BCUT2D eigenvalue weighted by Gasteiger charge is -2.10. The average molecular weight is 471 g/mol. The molecule has 0 spiro atoms. The van der Waals surface area contributed by atoms with E-state index in [4.69, 9.17) is 11.6 Å². The Morgan fingerprint density at radius 2 is 2.06 bits per heavy atom. The van der Waals surface area contributed by atoms with Gasteiger partial charge in [-0.2, -0.15) is 5.10 Å². The van der Waals surface area contributed by atoms with Gasteiger partial charge in [0.2, 0.25) is 5.91 Å². The van der Waals surface area contributed by atoms with Crippen molar-refractivity contribution in [2.75, 3.05) is 11.1 Å². The van der Waals surface area contributed by atoms with Gasteiger partial charge in [0, 0.05) is 17.1 Å². The molecule has 0 radical (unpaired) electrons. The number of amides is 1. The summed E-state index contributed by atoms with van der Waals surface area (Å²) in [5, 5.41) is 19.5. The van der Waals surface area contributed by atoms with E-state index in [1.54, 1.807) is 28.3 Å². The highest BCUT2D eigenvalue weighted by Gasteiger charge is 2.30. The number of carbonyl (C=O) groups excluding carboxylic acids is 1. The van der Waals surface area contributed by atoms with Gasteiger partial charge in [-0.25, -0.2) is 4.68 Å². The van der Waals surface area contributed by atoms with Gasteiger partial charge >= 0.3 is 0 Å². The number of hydrogen-bond donors (Lipinski definition) is 1. The maximum atomic E-state index is 12.6. The Morgan fingerprint density at radius 3 is 2.84 bits per heavy atom. The molecule has 1 aliphatic rings. The summed E-state index contributed by atoms with van der Waals surface area (Å²) < 4.78 is 3.90. The number of thiophene rings is 1. The monoisotopic (exact) mass is 470 g/mol. The SMILES string of the molecule is O=C(CSc1nnc(-c2cccs2)n1C1CC1)Nc1ccnn1Cc1ccccc1Cl. The number of hydrogen-bond acceptors (Lipinski definition) is 6. The van der Waals surface area contributed by atoms with E-state index in [-0.39, 0.29) is 11.7 Å². The van der Waals surface area contributed by atoms with Crippen LogP contribution in [0.3, 0.4) is 0 Å². The normalized spacial score (nSPS) is 13.5. The summed E-state index contributed by atoms with van der Waals surface area (Å²) in [5.74, 6) is 1.65. The summed E-state index contributed by atoms with van der Waals surface area (Å²) in [6.07, 6.45) is 3.91.